The van der Waals surface area contributed by atoms with E-state index in [0.29, 0.717) is 22.3 Å². The van der Waals surface area contributed by atoms with Crippen LogP contribution in [0.15, 0.2) is 53.7 Å². The fraction of sp³-hybridized carbons (Fsp3) is 0.150. The van der Waals surface area contributed by atoms with Crippen molar-refractivity contribution in [2.45, 2.75) is 12.1 Å². The summed E-state index contributed by atoms with van der Waals surface area (Å²) in [4.78, 5) is 12.4. The van der Waals surface area contributed by atoms with Gasteiger partial charge in [-0.1, -0.05) is 30.0 Å². The number of carbonyl (C=O) groups excluding carboxylic acids is 1. The normalized spacial score (nSPS) is 12.6. The second kappa shape index (κ2) is 6.72. The zero-order valence-electron chi connectivity index (χ0n) is 15.0. The molecule has 5 rings (SSSR count). The van der Waals surface area contributed by atoms with Crippen molar-refractivity contribution in [1.82, 2.24) is 14.6 Å². The Morgan fingerprint density at radius 1 is 1.14 bits per heavy atom. The minimum atomic E-state index is -0.127. The number of benzene rings is 2. The van der Waals surface area contributed by atoms with Gasteiger partial charge in [-0.3, -0.25) is 9.20 Å². The molecule has 0 fully saturated rings. The van der Waals surface area contributed by atoms with Crippen LogP contribution in [-0.4, -0.2) is 33.1 Å². The van der Waals surface area contributed by atoms with Gasteiger partial charge in [-0.25, -0.2) is 0 Å². The van der Waals surface area contributed by atoms with Gasteiger partial charge in [0.1, 0.15) is 0 Å². The Bertz CT molecular complexity index is 1220. The fourth-order valence-electron chi connectivity index (χ4n) is 3.25. The van der Waals surface area contributed by atoms with E-state index < -0.39 is 0 Å². The molecule has 2 aromatic heterocycles. The van der Waals surface area contributed by atoms with Gasteiger partial charge in [0.2, 0.25) is 12.7 Å². The number of nitrogens with one attached hydrogen (secondary N) is 1. The summed E-state index contributed by atoms with van der Waals surface area (Å²) < 4.78 is 12.6. The largest absolute Gasteiger partial charge is 0.454 e. The molecule has 1 amide bonds. The summed E-state index contributed by atoms with van der Waals surface area (Å²) in [5.41, 5.74) is 3.54. The Morgan fingerprint density at radius 2 is 2.00 bits per heavy atom. The van der Waals surface area contributed by atoms with Crippen LogP contribution in [0, 0.1) is 6.92 Å². The van der Waals surface area contributed by atoms with Crippen LogP contribution in [0.2, 0.25) is 0 Å². The molecule has 28 heavy (non-hydrogen) atoms. The molecule has 4 aromatic rings. The van der Waals surface area contributed by atoms with Crippen LogP contribution in [-0.2, 0) is 4.79 Å². The van der Waals surface area contributed by atoms with Crippen molar-refractivity contribution >= 4 is 39.9 Å². The molecule has 1 aliphatic rings. The molecular formula is C20H16N4O3S. The van der Waals surface area contributed by atoms with Crippen LogP contribution in [0.25, 0.3) is 16.6 Å². The van der Waals surface area contributed by atoms with Crippen molar-refractivity contribution in [3.8, 4) is 11.5 Å². The molecule has 0 unspecified atom stereocenters. The average Bonchev–Trinajstić information content (AvgIpc) is 3.33. The summed E-state index contributed by atoms with van der Waals surface area (Å²) in [6, 6.07) is 15.5. The van der Waals surface area contributed by atoms with Crippen molar-refractivity contribution in [2.24, 2.45) is 0 Å². The highest BCUT2D eigenvalue weighted by Gasteiger charge is 2.16. The number of aryl methyl sites for hydroxylation is 1. The standard InChI is InChI=1S/C20H16N4O3S/c1-12-8-13-4-2-3-5-15(13)24-19(12)22-23-20(24)28-10-18(25)21-14-6-7-16-17(9-14)27-11-26-16/h2-9H,10-11H2,1H3,(H,21,25). The molecule has 1 aliphatic heterocycles. The van der Waals surface area contributed by atoms with Gasteiger partial charge in [-0.15, -0.1) is 10.2 Å². The van der Waals surface area contributed by atoms with E-state index in [1.807, 2.05) is 29.5 Å². The zero-order chi connectivity index (χ0) is 19.1. The Hall–Kier alpha value is -3.26. The first kappa shape index (κ1) is 16.9. The minimum Gasteiger partial charge on any atom is -0.454 e. The quantitative estimate of drug-likeness (QED) is 0.534. The summed E-state index contributed by atoms with van der Waals surface area (Å²) >= 11 is 1.35. The van der Waals surface area contributed by atoms with Crippen molar-refractivity contribution < 1.29 is 14.3 Å². The van der Waals surface area contributed by atoms with E-state index >= 15 is 0 Å². The van der Waals surface area contributed by atoms with E-state index in [1.54, 1.807) is 18.2 Å². The van der Waals surface area contributed by atoms with Gasteiger partial charge in [0, 0.05) is 11.8 Å². The van der Waals surface area contributed by atoms with E-state index in [0.717, 1.165) is 22.1 Å². The van der Waals surface area contributed by atoms with Gasteiger partial charge >= 0.3 is 0 Å². The van der Waals surface area contributed by atoms with Gasteiger partial charge in [0.25, 0.3) is 0 Å². The van der Waals surface area contributed by atoms with Gasteiger partial charge in [-0.05, 0) is 42.1 Å². The fourth-order valence-corrected chi connectivity index (χ4v) is 3.99. The van der Waals surface area contributed by atoms with Crippen LogP contribution in [0.3, 0.4) is 0 Å². The number of hydrogen-bond donors (Lipinski definition) is 1. The molecule has 0 atom stereocenters. The number of para-hydroxylation sites is 1. The van der Waals surface area contributed by atoms with Crippen LogP contribution in [0.4, 0.5) is 5.69 Å². The Kier molecular flexibility index (Phi) is 4.05. The van der Waals surface area contributed by atoms with Gasteiger partial charge in [-0.2, -0.15) is 0 Å². The Labute approximate surface area is 164 Å². The first-order valence-corrected chi connectivity index (χ1v) is 9.73. The van der Waals surface area contributed by atoms with Crippen molar-refractivity contribution in [1.29, 1.82) is 0 Å². The lowest BCUT2D eigenvalue weighted by atomic mass is 10.1. The van der Waals surface area contributed by atoms with Gasteiger partial charge in [0.15, 0.2) is 22.3 Å². The summed E-state index contributed by atoms with van der Waals surface area (Å²) in [6.07, 6.45) is 0. The maximum absolute atomic E-state index is 12.4. The summed E-state index contributed by atoms with van der Waals surface area (Å²) in [5, 5.41) is 13.3. The highest BCUT2D eigenvalue weighted by atomic mass is 32.2. The molecule has 1 N–H and O–H groups in total. The lowest BCUT2D eigenvalue weighted by Gasteiger charge is -2.07. The molecule has 7 nitrogen and oxygen atoms in total. The first-order chi connectivity index (χ1) is 13.7. The third-order valence-electron chi connectivity index (χ3n) is 4.52. The molecule has 140 valence electrons. The topological polar surface area (TPSA) is 77.8 Å². The molecule has 0 saturated carbocycles. The number of carbonyl (C=O) groups is 1. The van der Waals surface area contributed by atoms with E-state index in [-0.39, 0.29) is 18.5 Å². The monoisotopic (exact) mass is 392 g/mol. The molecule has 2 aromatic carbocycles. The van der Waals surface area contributed by atoms with Gasteiger partial charge in [0.05, 0.1) is 11.3 Å². The molecule has 0 aliphatic carbocycles. The number of fused-ring (bicyclic) bond motifs is 4. The lowest BCUT2D eigenvalue weighted by Crippen LogP contribution is -2.14. The number of anilines is 1. The van der Waals surface area contributed by atoms with E-state index in [4.69, 9.17) is 9.47 Å². The van der Waals surface area contributed by atoms with Crippen LogP contribution < -0.4 is 14.8 Å². The maximum Gasteiger partial charge on any atom is 0.234 e. The number of rotatable bonds is 4. The van der Waals surface area contributed by atoms with Crippen LogP contribution in [0.1, 0.15) is 5.56 Å². The van der Waals surface area contributed by atoms with Crippen LogP contribution >= 0.6 is 11.8 Å². The van der Waals surface area contributed by atoms with E-state index in [1.165, 1.54) is 11.8 Å². The number of pyridine rings is 1. The molecule has 3 heterocycles. The molecule has 0 spiro atoms. The average molecular weight is 392 g/mol. The SMILES string of the molecule is Cc1cc2ccccc2n2c(SCC(=O)Nc3ccc4c(c3)OCO4)nnc12. The highest BCUT2D eigenvalue weighted by molar-refractivity contribution is 7.99. The summed E-state index contributed by atoms with van der Waals surface area (Å²) in [6.45, 7) is 2.22. The third kappa shape index (κ3) is 2.91. The summed E-state index contributed by atoms with van der Waals surface area (Å²) in [5.74, 6) is 1.41. The van der Waals surface area contributed by atoms with E-state index in [2.05, 4.69) is 27.6 Å². The van der Waals surface area contributed by atoms with E-state index in [9.17, 15) is 4.79 Å². The molecule has 8 heteroatoms. The number of nitrogens with zero attached hydrogens (tertiary/aromatic N) is 3. The third-order valence-corrected chi connectivity index (χ3v) is 5.45. The van der Waals surface area contributed by atoms with Gasteiger partial charge < -0.3 is 14.8 Å². The number of aromatic nitrogens is 3. The Morgan fingerprint density at radius 3 is 2.93 bits per heavy atom. The molecule has 0 bridgehead atoms. The zero-order valence-corrected chi connectivity index (χ0v) is 15.8. The lowest BCUT2D eigenvalue weighted by molar-refractivity contribution is -0.113. The minimum absolute atomic E-state index is 0.127. The van der Waals surface area contributed by atoms with Crippen molar-refractivity contribution in [3.63, 3.8) is 0 Å². The number of ether oxygens (including phenoxy) is 2. The maximum atomic E-state index is 12.4. The highest BCUT2D eigenvalue weighted by Crippen LogP contribution is 2.34. The predicted molar refractivity (Wildman–Crippen MR) is 107 cm³/mol. The number of amides is 1. The predicted octanol–water partition coefficient (Wildman–Crippen LogP) is 3.65. The van der Waals surface area contributed by atoms with Crippen molar-refractivity contribution in [2.75, 3.05) is 17.9 Å². The summed E-state index contributed by atoms with van der Waals surface area (Å²) in [7, 11) is 0. The van der Waals surface area contributed by atoms with Crippen LogP contribution in [0.5, 0.6) is 11.5 Å². The molecular weight excluding hydrogens is 376 g/mol. The molecule has 0 radical (unpaired) electrons. The molecule has 0 saturated heterocycles. The first-order valence-electron chi connectivity index (χ1n) is 8.75. The second-order valence-corrected chi connectivity index (χ2v) is 7.38. The van der Waals surface area contributed by atoms with Crippen molar-refractivity contribution in [3.05, 3.63) is 54.1 Å². The number of thioether (sulfide) groups is 1. The number of hydrogen-bond acceptors (Lipinski definition) is 6. The smallest absolute Gasteiger partial charge is 0.234 e. The second-order valence-electron chi connectivity index (χ2n) is 6.43. The Balaban J connectivity index is 1.36.